The first-order chi connectivity index (χ1) is 20.0. The standard InChI is InChI=1S/C30H45N7O5/c1-5-22-27(41)36-24(20-10-7-6-8-11-20)28(42)31-15-13-30(4,37-25(39)19(2)3)23(38)18-21(26(40)35-22)12-9-14-32-29-33-16-17-34-29/h6-8,10-11,19,21-22,24H,5,9,12-18H2,1-4H3,(H,31,42)(H,35,40)(H,36,41)(H,37,39)(H2,32,33,34)/t21-,22+,24-,30-/m1/s1. The summed E-state index contributed by atoms with van der Waals surface area (Å²) < 4.78 is 0. The Labute approximate surface area is 247 Å². The van der Waals surface area contributed by atoms with Gasteiger partial charge in [0.15, 0.2) is 11.7 Å². The summed E-state index contributed by atoms with van der Waals surface area (Å²) >= 11 is 0. The van der Waals surface area contributed by atoms with Gasteiger partial charge in [-0.05, 0) is 38.2 Å². The second kappa shape index (κ2) is 15.3. The van der Waals surface area contributed by atoms with Crippen molar-refractivity contribution in [1.82, 2.24) is 31.9 Å². The quantitative estimate of drug-likeness (QED) is 0.245. The summed E-state index contributed by atoms with van der Waals surface area (Å²) in [5, 5.41) is 17.7. The monoisotopic (exact) mass is 583 g/mol. The summed E-state index contributed by atoms with van der Waals surface area (Å²) in [5.41, 5.74) is -0.733. The van der Waals surface area contributed by atoms with Gasteiger partial charge in [0.05, 0.1) is 12.1 Å². The highest BCUT2D eigenvalue weighted by Gasteiger charge is 2.38. The largest absolute Gasteiger partial charge is 0.356 e. The molecule has 4 atom stereocenters. The Morgan fingerprint density at radius 3 is 2.40 bits per heavy atom. The van der Waals surface area contributed by atoms with Crippen LogP contribution in [0, 0.1) is 11.8 Å². The third-order valence-electron chi connectivity index (χ3n) is 7.68. The van der Waals surface area contributed by atoms with E-state index < -0.39 is 41.3 Å². The van der Waals surface area contributed by atoms with E-state index in [1.807, 2.05) is 6.07 Å². The lowest BCUT2D eigenvalue weighted by Gasteiger charge is -2.33. The topological polar surface area (TPSA) is 170 Å². The van der Waals surface area contributed by atoms with Crippen molar-refractivity contribution in [2.24, 2.45) is 16.8 Å². The molecule has 1 fully saturated rings. The second-order valence-corrected chi connectivity index (χ2v) is 11.4. The van der Waals surface area contributed by atoms with Gasteiger partial charge < -0.3 is 31.9 Å². The van der Waals surface area contributed by atoms with Crippen LogP contribution in [-0.4, -0.2) is 73.1 Å². The Balaban J connectivity index is 1.88. The highest BCUT2D eigenvalue weighted by Crippen LogP contribution is 2.22. The molecule has 3 rings (SSSR count). The number of carbonyl (C=O) groups is 5. The minimum atomic E-state index is -1.31. The number of rotatable bonds is 8. The van der Waals surface area contributed by atoms with Crippen LogP contribution in [0.25, 0.3) is 0 Å². The number of ketones is 1. The molecule has 42 heavy (non-hydrogen) atoms. The van der Waals surface area contributed by atoms with E-state index in [0.717, 1.165) is 6.54 Å². The molecule has 0 aliphatic carbocycles. The maximum Gasteiger partial charge on any atom is 0.247 e. The molecule has 1 aromatic rings. The fourth-order valence-corrected chi connectivity index (χ4v) is 4.90. The SMILES string of the molecule is CC[C@@H]1NC(=O)[C@H](CCCNC2=NCCN2)CC(=O)[C@](C)(NC(=O)C(C)C)CCNC(=O)[C@@H](c2ccccc2)NC1=O. The van der Waals surface area contributed by atoms with Gasteiger partial charge in [-0.2, -0.15) is 0 Å². The minimum Gasteiger partial charge on any atom is -0.356 e. The molecule has 230 valence electrons. The van der Waals surface area contributed by atoms with Crippen molar-refractivity contribution < 1.29 is 24.0 Å². The van der Waals surface area contributed by atoms with E-state index in [4.69, 9.17) is 0 Å². The number of hydrogen-bond acceptors (Lipinski definition) is 8. The van der Waals surface area contributed by atoms with Gasteiger partial charge in [-0.1, -0.05) is 51.1 Å². The van der Waals surface area contributed by atoms with E-state index in [1.165, 1.54) is 0 Å². The Morgan fingerprint density at radius 2 is 1.76 bits per heavy atom. The molecule has 6 N–H and O–H groups in total. The van der Waals surface area contributed by atoms with Gasteiger partial charge in [0.25, 0.3) is 0 Å². The van der Waals surface area contributed by atoms with Crippen LogP contribution >= 0.6 is 0 Å². The van der Waals surface area contributed by atoms with Gasteiger partial charge in [0, 0.05) is 37.9 Å². The van der Waals surface area contributed by atoms with Crippen LogP contribution in [0.4, 0.5) is 0 Å². The van der Waals surface area contributed by atoms with Gasteiger partial charge in [0.1, 0.15) is 12.1 Å². The predicted octanol–water partition coefficient (Wildman–Crippen LogP) is 0.694. The molecule has 2 aliphatic heterocycles. The van der Waals surface area contributed by atoms with E-state index in [1.54, 1.807) is 52.0 Å². The zero-order chi connectivity index (χ0) is 30.7. The van der Waals surface area contributed by atoms with E-state index in [0.29, 0.717) is 37.5 Å². The first-order valence-electron chi connectivity index (χ1n) is 14.8. The van der Waals surface area contributed by atoms with E-state index in [2.05, 4.69) is 36.9 Å². The fourth-order valence-electron chi connectivity index (χ4n) is 4.90. The Morgan fingerprint density at radius 1 is 1.02 bits per heavy atom. The number of benzene rings is 1. The highest BCUT2D eigenvalue weighted by atomic mass is 16.2. The summed E-state index contributed by atoms with van der Waals surface area (Å²) in [5.74, 6) is -2.35. The van der Waals surface area contributed by atoms with E-state index in [9.17, 15) is 24.0 Å². The molecule has 0 saturated carbocycles. The summed E-state index contributed by atoms with van der Waals surface area (Å²) in [7, 11) is 0. The summed E-state index contributed by atoms with van der Waals surface area (Å²) in [6.07, 6.45) is 1.24. The van der Waals surface area contributed by atoms with E-state index in [-0.39, 0.29) is 43.4 Å². The van der Waals surface area contributed by atoms with E-state index >= 15 is 0 Å². The van der Waals surface area contributed by atoms with Crippen LogP contribution < -0.4 is 31.9 Å². The van der Waals surface area contributed by atoms with Crippen molar-refractivity contribution in [2.75, 3.05) is 26.2 Å². The maximum absolute atomic E-state index is 13.8. The number of guanidine groups is 1. The minimum absolute atomic E-state index is 0.0752. The molecule has 0 unspecified atom stereocenters. The third-order valence-corrected chi connectivity index (χ3v) is 7.68. The molecule has 0 bridgehead atoms. The normalized spacial score (nSPS) is 25.8. The molecular weight excluding hydrogens is 538 g/mol. The van der Waals surface area contributed by atoms with Gasteiger partial charge in [-0.25, -0.2) is 0 Å². The molecule has 12 heteroatoms. The zero-order valence-electron chi connectivity index (χ0n) is 25.0. The Bertz CT molecular complexity index is 1160. The molecule has 0 spiro atoms. The first kappa shape index (κ1) is 32.6. The van der Waals surface area contributed by atoms with Crippen LogP contribution in [0.1, 0.15) is 71.4 Å². The van der Waals surface area contributed by atoms with Crippen molar-refractivity contribution in [3.8, 4) is 0 Å². The van der Waals surface area contributed by atoms with Crippen LogP contribution in [0.15, 0.2) is 35.3 Å². The molecule has 12 nitrogen and oxygen atoms in total. The zero-order valence-corrected chi connectivity index (χ0v) is 25.0. The van der Waals surface area contributed by atoms with Crippen LogP contribution in [-0.2, 0) is 24.0 Å². The van der Waals surface area contributed by atoms with Gasteiger partial charge in [-0.15, -0.1) is 0 Å². The lowest BCUT2D eigenvalue weighted by molar-refractivity contribution is -0.137. The van der Waals surface area contributed by atoms with Crippen molar-refractivity contribution in [3.63, 3.8) is 0 Å². The van der Waals surface area contributed by atoms with Crippen molar-refractivity contribution in [3.05, 3.63) is 35.9 Å². The Kier molecular flexibility index (Phi) is 11.9. The van der Waals surface area contributed by atoms with Gasteiger partial charge in [-0.3, -0.25) is 29.0 Å². The van der Waals surface area contributed by atoms with Crippen molar-refractivity contribution >= 4 is 35.4 Å². The highest BCUT2D eigenvalue weighted by molar-refractivity contribution is 5.97. The maximum atomic E-state index is 13.8. The Hall–Kier alpha value is -3.96. The molecule has 2 heterocycles. The summed E-state index contributed by atoms with van der Waals surface area (Å²) in [4.78, 5) is 71.0. The smallest absolute Gasteiger partial charge is 0.247 e. The molecule has 0 aromatic heterocycles. The average Bonchev–Trinajstić information content (AvgIpc) is 3.49. The average molecular weight is 584 g/mol. The number of aliphatic imine (C=N–C) groups is 1. The molecule has 2 aliphatic rings. The van der Waals surface area contributed by atoms with Crippen LogP contribution in [0.2, 0.25) is 0 Å². The fraction of sp³-hybridized carbons (Fsp3) is 0.600. The summed E-state index contributed by atoms with van der Waals surface area (Å²) in [6.45, 7) is 8.97. The molecular formula is C30H45N7O5. The van der Waals surface area contributed by atoms with Crippen LogP contribution in [0.3, 0.4) is 0 Å². The molecule has 1 aromatic carbocycles. The first-order valence-corrected chi connectivity index (χ1v) is 14.8. The number of hydrogen-bond donors (Lipinski definition) is 6. The lowest BCUT2D eigenvalue weighted by atomic mass is 9.84. The number of nitrogens with zero attached hydrogens (tertiary/aromatic N) is 1. The number of nitrogens with one attached hydrogen (secondary N) is 6. The summed E-state index contributed by atoms with van der Waals surface area (Å²) in [6, 6.07) is 6.91. The number of Topliss-reactive ketones (excluding diaryl/α,β-unsaturated/α-hetero) is 1. The number of carbonyl (C=O) groups excluding carboxylic acids is 5. The van der Waals surface area contributed by atoms with Crippen molar-refractivity contribution in [1.29, 1.82) is 0 Å². The lowest BCUT2D eigenvalue weighted by Crippen LogP contribution is -2.57. The molecule has 0 radical (unpaired) electrons. The molecule has 1 saturated heterocycles. The second-order valence-electron chi connectivity index (χ2n) is 11.4. The van der Waals surface area contributed by atoms with Crippen molar-refractivity contribution in [2.45, 2.75) is 77.4 Å². The van der Waals surface area contributed by atoms with Gasteiger partial charge >= 0.3 is 0 Å². The van der Waals surface area contributed by atoms with Gasteiger partial charge in [0.2, 0.25) is 23.6 Å². The van der Waals surface area contributed by atoms with Crippen LogP contribution in [0.5, 0.6) is 0 Å². The molecule has 4 amide bonds. The third kappa shape index (κ3) is 9.02. The predicted molar refractivity (Wildman–Crippen MR) is 159 cm³/mol. The number of amides is 4.